The summed E-state index contributed by atoms with van der Waals surface area (Å²) in [5.41, 5.74) is -0.158. The maximum Gasteiger partial charge on any atom is 0.336 e. The van der Waals surface area contributed by atoms with E-state index in [1.165, 1.54) is 30.3 Å². The van der Waals surface area contributed by atoms with Gasteiger partial charge in [-0.05, 0) is 48.9 Å². The van der Waals surface area contributed by atoms with Crippen molar-refractivity contribution in [1.82, 2.24) is 5.32 Å². The molecule has 0 aliphatic carbocycles. The molecular formula is C19H14ClFN2O4. The van der Waals surface area contributed by atoms with Gasteiger partial charge in [-0.2, -0.15) is 0 Å². The van der Waals surface area contributed by atoms with E-state index in [9.17, 15) is 18.8 Å². The Kier molecular flexibility index (Phi) is 5.23. The lowest BCUT2D eigenvalue weighted by molar-refractivity contribution is -0.122. The van der Waals surface area contributed by atoms with Crippen LogP contribution in [0.1, 0.15) is 12.5 Å². The Hall–Kier alpha value is -3.19. The van der Waals surface area contributed by atoms with Crippen molar-refractivity contribution in [3.05, 3.63) is 64.4 Å². The van der Waals surface area contributed by atoms with Gasteiger partial charge in [0.25, 0.3) is 11.8 Å². The zero-order valence-electron chi connectivity index (χ0n) is 14.2. The van der Waals surface area contributed by atoms with Crippen LogP contribution in [0.2, 0.25) is 5.02 Å². The van der Waals surface area contributed by atoms with Gasteiger partial charge in [-0.15, -0.1) is 0 Å². The number of amides is 4. The molecule has 0 atom stereocenters. The number of imide groups is 2. The molecule has 1 fully saturated rings. The van der Waals surface area contributed by atoms with Crippen LogP contribution >= 0.6 is 11.6 Å². The number of carbonyl (C=O) groups is 3. The highest BCUT2D eigenvalue weighted by Gasteiger charge is 2.37. The van der Waals surface area contributed by atoms with Gasteiger partial charge in [0, 0.05) is 5.02 Å². The minimum absolute atomic E-state index is 0.250. The highest BCUT2D eigenvalue weighted by atomic mass is 35.5. The van der Waals surface area contributed by atoms with Crippen LogP contribution in [-0.4, -0.2) is 24.5 Å². The van der Waals surface area contributed by atoms with E-state index in [4.69, 9.17) is 16.3 Å². The lowest BCUT2D eigenvalue weighted by Crippen LogP contribution is -2.54. The Morgan fingerprint density at radius 2 is 1.93 bits per heavy atom. The number of benzene rings is 2. The smallest absolute Gasteiger partial charge is 0.336 e. The monoisotopic (exact) mass is 388 g/mol. The van der Waals surface area contributed by atoms with Crippen LogP contribution in [-0.2, 0) is 9.59 Å². The molecule has 6 nitrogen and oxygen atoms in total. The number of halogens is 2. The Bertz CT molecular complexity index is 974. The average molecular weight is 389 g/mol. The Balaban J connectivity index is 2.03. The van der Waals surface area contributed by atoms with E-state index in [0.29, 0.717) is 27.8 Å². The van der Waals surface area contributed by atoms with Gasteiger partial charge in [-0.25, -0.2) is 14.1 Å². The quantitative estimate of drug-likeness (QED) is 0.642. The van der Waals surface area contributed by atoms with Gasteiger partial charge in [0.2, 0.25) is 0 Å². The first-order valence-corrected chi connectivity index (χ1v) is 8.38. The number of nitrogens with one attached hydrogen (secondary N) is 1. The van der Waals surface area contributed by atoms with Crippen molar-refractivity contribution < 1.29 is 23.5 Å². The van der Waals surface area contributed by atoms with E-state index in [1.807, 2.05) is 5.32 Å². The highest BCUT2D eigenvalue weighted by Crippen LogP contribution is 2.26. The fraction of sp³-hybridized carbons (Fsp3) is 0.105. The van der Waals surface area contributed by atoms with Crippen LogP contribution in [0.15, 0.2) is 48.0 Å². The molecule has 2 aromatic carbocycles. The van der Waals surface area contributed by atoms with Crippen molar-refractivity contribution in [2.24, 2.45) is 0 Å². The van der Waals surface area contributed by atoms with Gasteiger partial charge in [0.1, 0.15) is 17.1 Å². The van der Waals surface area contributed by atoms with Gasteiger partial charge in [-0.3, -0.25) is 14.9 Å². The van der Waals surface area contributed by atoms with E-state index in [0.717, 1.165) is 6.07 Å². The van der Waals surface area contributed by atoms with E-state index in [-0.39, 0.29) is 11.3 Å². The van der Waals surface area contributed by atoms with Gasteiger partial charge in [0.15, 0.2) is 0 Å². The van der Waals surface area contributed by atoms with Gasteiger partial charge in [-0.1, -0.05) is 23.7 Å². The van der Waals surface area contributed by atoms with E-state index in [1.54, 1.807) is 19.1 Å². The van der Waals surface area contributed by atoms with Crippen LogP contribution in [0.25, 0.3) is 6.08 Å². The molecule has 138 valence electrons. The fourth-order valence-corrected chi connectivity index (χ4v) is 2.83. The van der Waals surface area contributed by atoms with Crippen LogP contribution in [0, 0.1) is 5.82 Å². The van der Waals surface area contributed by atoms with E-state index in [2.05, 4.69) is 0 Å². The summed E-state index contributed by atoms with van der Waals surface area (Å²) in [7, 11) is 0. The van der Waals surface area contributed by atoms with Crippen LogP contribution in [0.3, 0.4) is 0 Å². The summed E-state index contributed by atoms with van der Waals surface area (Å²) in [6, 6.07) is 8.97. The van der Waals surface area contributed by atoms with Gasteiger partial charge < -0.3 is 4.74 Å². The first-order valence-electron chi connectivity index (χ1n) is 8.00. The summed E-state index contributed by atoms with van der Waals surface area (Å²) in [5, 5.41) is 2.38. The molecule has 2 aromatic rings. The minimum Gasteiger partial charge on any atom is -0.494 e. The third-order valence-electron chi connectivity index (χ3n) is 3.71. The molecule has 0 aromatic heterocycles. The largest absolute Gasteiger partial charge is 0.494 e. The van der Waals surface area contributed by atoms with Crippen molar-refractivity contribution in [3.8, 4) is 5.75 Å². The summed E-state index contributed by atoms with van der Waals surface area (Å²) in [6.07, 6.45) is 1.27. The van der Waals surface area contributed by atoms with Crippen LogP contribution < -0.4 is 15.0 Å². The molecule has 0 radical (unpaired) electrons. The van der Waals surface area contributed by atoms with E-state index >= 15 is 0 Å². The SMILES string of the molecule is CCOc1cc(Cl)cc(/C=C2/C(=O)NC(=O)N(c3ccccc3F)C2=O)c1. The lowest BCUT2D eigenvalue weighted by Gasteiger charge is -2.26. The minimum atomic E-state index is -1.02. The number of urea groups is 1. The molecule has 0 bridgehead atoms. The first-order chi connectivity index (χ1) is 12.9. The third-order valence-corrected chi connectivity index (χ3v) is 3.93. The Labute approximate surface area is 159 Å². The fourth-order valence-electron chi connectivity index (χ4n) is 2.59. The first kappa shape index (κ1) is 18.6. The predicted octanol–water partition coefficient (Wildman–Crippen LogP) is 3.54. The average Bonchev–Trinajstić information content (AvgIpc) is 2.60. The van der Waals surface area contributed by atoms with E-state index < -0.39 is 23.7 Å². The molecule has 27 heavy (non-hydrogen) atoms. The van der Waals surface area contributed by atoms with Crippen molar-refractivity contribution in [2.45, 2.75) is 6.92 Å². The molecule has 1 aliphatic heterocycles. The molecule has 8 heteroatoms. The lowest BCUT2D eigenvalue weighted by atomic mass is 10.1. The number of para-hydroxylation sites is 1. The van der Waals surface area contributed by atoms with Crippen LogP contribution in [0.5, 0.6) is 5.75 Å². The number of carbonyl (C=O) groups excluding carboxylic acids is 3. The Morgan fingerprint density at radius 3 is 2.63 bits per heavy atom. The zero-order chi connectivity index (χ0) is 19.6. The second-order valence-electron chi connectivity index (χ2n) is 5.56. The molecule has 0 saturated carbocycles. The molecule has 0 unspecified atom stereocenters. The van der Waals surface area contributed by atoms with Gasteiger partial charge >= 0.3 is 6.03 Å². The van der Waals surface area contributed by atoms with Gasteiger partial charge in [0.05, 0.1) is 12.3 Å². The molecule has 1 aliphatic rings. The summed E-state index contributed by atoms with van der Waals surface area (Å²) >= 11 is 6.04. The summed E-state index contributed by atoms with van der Waals surface area (Å²) in [6.45, 7) is 2.21. The van der Waals surface area contributed by atoms with Crippen molar-refractivity contribution in [2.75, 3.05) is 11.5 Å². The third kappa shape index (κ3) is 3.83. The van der Waals surface area contributed by atoms with Crippen molar-refractivity contribution in [3.63, 3.8) is 0 Å². The molecular weight excluding hydrogens is 375 g/mol. The highest BCUT2D eigenvalue weighted by molar-refractivity contribution is 6.39. The van der Waals surface area contributed by atoms with Crippen molar-refractivity contribution >= 4 is 41.2 Å². The number of hydrogen-bond donors (Lipinski definition) is 1. The summed E-state index contributed by atoms with van der Waals surface area (Å²) < 4.78 is 19.4. The second kappa shape index (κ2) is 7.59. The number of anilines is 1. The number of nitrogens with zero attached hydrogens (tertiary/aromatic N) is 1. The number of ether oxygens (including phenoxy) is 1. The number of rotatable bonds is 4. The molecule has 1 saturated heterocycles. The number of hydrogen-bond acceptors (Lipinski definition) is 4. The van der Waals surface area contributed by atoms with Crippen molar-refractivity contribution in [1.29, 1.82) is 0 Å². The Morgan fingerprint density at radius 1 is 1.19 bits per heavy atom. The predicted molar refractivity (Wildman–Crippen MR) is 98.0 cm³/mol. The maximum atomic E-state index is 14.1. The molecule has 3 rings (SSSR count). The topological polar surface area (TPSA) is 75.7 Å². The summed E-state index contributed by atoms with van der Waals surface area (Å²) in [5.74, 6) is -2.12. The summed E-state index contributed by atoms with van der Waals surface area (Å²) in [4.78, 5) is 37.6. The maximum absolute atomic E-state index is 14.1. The van der Waals surface area contributed by atoms with Crippen LogP contribution in [0.4, 0.5) is 14.9 Å². The molecule has 0 spiro atoms. The molecule has 4 amide bonds. The standard InChI is InChI=1S/C19H14ClFN2O4/c1-2-27-13-8-11(7-12(20)10-13)9-14-17(24)22-19(26)23(18(14)25)16-6-4-3-5-15(16)21/h3-10H,2H2,1H3,(H,22,24,26)/b14-9-. The molecule has 1 heterocycles. The molecule has 1 N–H and O–H groups in total. The normalized spacial score (nSPS) is 15.9. The second-order valence-corrected chi connectivity index (χ2v) is 6.00. The zero-order valence-corrected chi connectivity index (χ0v) is 14.9. The number of barbiturate groups is 1.